The molecule has 2 N–H and O–H groups in total. The zero-order chi connectivity index (χ0) is 10.1. The average Bonchev–Trinajstić information content (AvgIpc) is 2.33. The molecule has 3 nitrogen and oxygen atoms in total. The van der Waals surface area contributed by atoms with Crippen LogP contribution in [0.2, 0.25) is 0 Å². The van der Waals surface area contributed by atoms with Crippen molar-refractivity contribution in [2.75, 3.05) is 13.1 Å². The molecule has 1 heterocycles. The summed E-state index contributed by atoms with van der Waals surface area (Å²) in [6, 6.07) is 0. The van der Waals surface area contributed by atoms with Crippen LogP contribution in [0.4, 0.5) is 0 Å². The van der Waals surface area contributed by atoms with E-state index in [2.05, 4.69) is 10.6 Å². The molecule has 0 bridgehead atoms. The molecule has 0 aliphatic carbocycles. The van der Waals surface area contributed by atoms with Gasteiger partial charge in [-0.1, -0.05) is 0 Å². The number of rotatable bonds is 1. The maximum atomic E-state index is 11.8. The van der Waals surface area contributed by atoms with Gasteiger partial charge in [-0.2, -0.15) is 0 Å². The van der Waals surface area contributed by atoms with Crippen molar-refractivity contribution < 1.29 is 4.79 Å². The summed E-state index contributed by atoms with van der Waals surface area (Å²) in [6.45, 7) is 9.81. The van der Waals surface area contributed by atoms with Gasteiger partial charge in [-0.05, 0) is 40.7 Å². The van der Waals surface area contributed by atoms with Gasteiger partial charge in [-0.3, -0.25) is 4.79 Å². The molecule has 0 aromatic heterocycles. The van der Waals surface area contributed by atoms with E-state index in [1.54, 1.807) is 0 Å². The van der Waals surface area contributed by atoms with Crippen molar-refractivity contribution in [3.8, 4) is 0 Å². The van der Waals surface area contributed by atoms with Crippen molar-refractivity contribution in [1.82, 2.24) is 10.6 Å². The minimum Gasteiger partial charge on any atom is -0.351 e. The lowest BCUT2D eigenvalue weighted by Crippen LogP contribution is -2.48. The Morgan fingerprint density at radius 1 is 1.46 bits per heavy atom. The molecule has 1 atom stereocenters. The van der Waals surface area contributed by atoms with Crippen molar-refractivity contribution in [1.29, 1.82) is 0 Å². The molecule has 0 spiro atoms. The van der Waals surface area contributed by atoms with Crippen molar-refractivity contribution >= 4 is 5.91 Å². The predicted molar refractivity (Wildman–Crippen MR) is 53.5 cm³/mol. The van der Waals surface area contributed by atoms with E-state index in [1.807, 2.05) is 27.7 Å². The lowest BCUT2D eigenvalue weighted by Gasteiger charge is -2.28. The summed E-state index contributed by atoms with van der Waals surface area (Å²) >= 11 is 0. The quantitative estimate of drug-likeness (QED) is 0.635. The molecule has 1 rings (SSSR count). The van der Waals surface area contributed by atoms with Crippen LogP contribution in [0, 0.1) is 5.41 Å². The maximum Gasteiger partial charge on any atom is 0.227 e. The molecule has 0 saturated carbocycles. The SMILES string of the molecule is CC(C)(C)NC(=O)C1(C)CCNC1. The highest BCUT2D eigenvalue weighted by atomic mass is 16.2. The van der Waals surface area contributed by atoms with Crippen LogP contribution in [0.5, 0.6) is 0 Å². The third-order valence-corrected chi connectivity index (χ3v) is 2.41. The van der Waals surface area contributed by atoms with Gasteiger partial charge in [0.2, 0.25) is 5.91 Å². The van der Waals surface area contributed by atoms with E-state index in [-0.39, 0.29) is 16.9 Å². The Labute approximate surface area is 80.3 Å². The van der Waals surface area contributed by atoms with Gasteiger partial charge in [0.05, 0.1) is 5.41 Å². The number of nitrogens with one attached hydrogen (secondary N) is 2. The van der Waals surface area contributed by atoms with Crippen LogP contribution in [-0.4, -0.2) is 24.5 Å². The summed E-state index contributed by atoms with van der Waals surface area (Å²) in [5.74, 6) is 0.171. The maximum absolute atomic E-state index is 11.8. The highest BCUT2D eigenvalue weighted by Gasteiger charge is 2.37. The first kappa shape index (κ1) is 10.5. The van der Waals surface area contributed by atoms with E-state index >= 15 is 0 Å². The Morgan fingerprint density at radius 3 is 2.46 bits per heavy atom. The summed E-state index contributed by atoms with van der Waals surface area (Å²) in [7, 11) is 0. The van der Waals surface area contributed by atoms with E-state index in [4.69, 9.17) is 0 Å². The second kappa shape index (κ2) is 3.29. The summed E-state index contributed by atoms with van der Waals surface area (Å²) < 4.78 is 0. The fourth-order valence-electron chi connectivity index (χ4n) is 1.50. The Kier molecular flexibility index (Phi) is 2.66. The molecular formula is C10H20N2O. The van der Waals surface area contributed by atoms with Crippen molar-refractivity contribution in [3.05, 3.63) is 0 Å². The summed E-state index contributed by atoms with van der Waals surface area (Å²) in [4.78, 5) is 11.8. The highest BCUT2D eigenvalue weighted by molar-refractivity contribution is 5.83. The summed E-state index contributed by atoms with van der Waals surface area (Å²) in [5, 5.41) is 6.24. The molecule has 0 aromatic rings. The largest absolute Gasteiger partial charge is 0.351 e. The van der Waals surface area contributed by atoms with Crippen LogP contribution in [-0.2, 0) is 4.79 Å². The number of carbonyl (C=O) groups excluding carboxylic acids is 1. The minimum absolute atomic E-state index is 0.122. The monoisotopic (exact) mass is 184 g/mol. The fourth-order valence-corrected chi connectivity index (χ4v) is 1.50. The van der Waals surface area contributed by atoms with Crippen molar-refractivity contribution in [3.63, 3.8) is 0 Å². The lowest BCUT2D eigenvalue weighted by atomic mass is 9.88. The van der Waals surface area contributed by atoms with Crippen LogP contribution < -0.4 is 10.6 Å². The Bertz CT molecular complexity index is 199. The van der Waals surface area contributed by atoms with Gasteiger partial charge < -0.3 is 10.6 Å². The van der Waals surface area contributed by atoms with Gasteiger partial charge >= 0.3 is 0 Å². The normalized spacial score (nSPS) is 28.9. The van der Waals surface area contributed by atoms with E-state index in [1.165, 1.54) is 0 Å². The van der Waals surface area contributed by atoms with Crippen LogP contribution in [0.15, 0.2) is 0 Å². The van der Waals surface area contributed by atoms with Crippen LogP contribution in [0.3, 0.4) is 0 Å². The Morgan fingerprint density at radius 2 is 2.08 bits per heavy atom. The molecule has 1 aliphatic rings. The van der Waals surface area contributed by atoms with E-state index in [0.29, 0.717) is 0 Å². The van der Waals surface area contributed by atoms with E-state index < -0.39 is 0 Å². The van der Waals surface area contributed by atoms with Gasteiger partial charge in [0, 0.05) is 12.1 Å². The first-order valence-electron chi connectivity index (χ1n) is 4.87. The third kappa shape index (κ3) is 2.69. The highest BCUT2D eigenvalue weighted by Crippen LogP contribution is 2.25. The van der Waals surface area contributed by atoms with Gasteiger partial charge in [-0.25, -0.2) is 0 Å². The van der Waals surface area contributed by atoms with Crippen molar-refractivity contribution in [2.45, 2.75) is 39.7 Å². The molecule has 1 fully saturated rings. The zero-order valence-corrected chi connectivity index (χ0v) is 9.03. The first-order valence-corrected chi connectivity index (χ1v) is 4.87. The molecule has 0 aromatic carbocycles. The van der Waals surface area contributed by atoms with E-state index in [9.17, 15) is 4.79 Å². The third-order valence-electron chi connectivity index (χ3n) is 2.41. The Balaban J connectivity index is 2.57. The van der Waals surface area contributed by atoms with Crippen LogP contribution >= 0.6 is 0 Å². The standard InChI is InChI=1S/C10H20N2O/c1-9(2,3)12-8(13)10(4)5-6-11-7-10/h11H,5-7H2,1-4H3,(H,12,13). The molecular weight excluding hydrogens is 164 g/mol. The summed E-state index contributed by atoms with van der Waals surface area (Å²) in [5.41, 5.74) is -0.323. The molecule has 0 radical (unpaired) electrons. The molecule has 3 heteroatoms. The van der Waals surface area contributed by atoms with Crippen LogP contribution in [0.1, 0.15) is 34.1 Å². The number of hydrogen-bond acceptors (Lipinski definition) is 2. The number of amides is 1. The van der Waals surface area contributed by atoms with Gasteiger partial charge in [0.1, 0.15) is 0 Å². The van der Waals surface area contributed by atoms with Gasteiger partial charge in [-0.15, -0.1) is 0 Å². The Hall–Kier alpha value is -0.570. The predicted octanol–water partition coefficient (Wildman–Crippen LogP) is 0.901. The molecule has 1 amide bonds. The molecule has 76 valence electrons. The summed E-state index contributed by atoms with van der Waals surface area (Å²) in [6.07, 6.45) is 0.939. The topological polar surface area (TPSA) is 41.1 Å². The molecule has 13 heavy (non-hydrogen) atoms. The van der Waals surface area contributed by atoms with E-state index in [0.717, 1.165) is 19.5 Å². The molecule has 1 saturated heterocycles. The second-order valence-electron chi connectivity index (χ2n) is 5.19. The first-order chi connectivity index (χ1) is 5.83. The smallest absolute Gasteiger partial charge is 0.227 e. The lowest BCUT2D eigenvalue weighted by molar-refractivity contribution is -0.130. The van der Waals surface area contributed by atoms with Gasteiger partial charge in [0.15, 0.2) is 0 Å². The minimum atomic E-state index is -0.201. The number of hydrogen-bond donors (Lipinski definition) is 2. The van der Waals surface area contributed by atoms with Gasteiger partial charge in [0.25, 0.3) is 0 Å². The second-order valence-corrected chi connectivity index (χ2v) is 5.19. The van der Waals surface area contributed by atoms with Crippen LogP contribution in [0.25, 0.3) is 0 Å². The molecule has 1 unspecified atom stereocenters. The van der Waals surface area contributed by atoms with Crippen molar-refractivity contribution in [2.24, 2.45) is 5.41 Å². The molecule has 1 aliphatic heterocycles. The number of carbonyl (C=O) groups is 1. The fraction of sp³-hybridized carbons (Fsp3) is 0.900. The average molecular weight is 184 g/mol. The zero-order valence-electron chi connectivity index (χ0n) is 9.03.